The minimum Gasteiger partial charge on any atom is -0.339 e. The van der Waals surface area contributed by atoms with E-state index in [9.17, 15) is 9.59 Å². The van der Waals surface area contributed by atoms with Gasteiger partial charge in [0.2, 0.25) is 5.91 Å². The monoisotopic (exact) mass is 268 g/mol. The van der Waals surface area contributed by atoms with E-state index in [1.165, 1.54) is 19.3 Å². The lowest BCUT2D eigenvalue weighted by Crippen LogP contribution is -2.51. The van der Waals surface area contributed by atoms with Crippen molar-refractivity contribution in [3.63, 3.8) is 0 Å². The number of nitrogens with zero attached hydrogens (tertiary/aromatic N) is 1. The Kier molecular flexibility index (Phi) is 5.44. The third-order valence-corrected chi connectivity index (χ3v) is 3.81. The Morgan fingerprint density at radius 1 is 1.11 bits per heavy atom. The molecule has 1 aliphatic heterocycles. The van der Waals surface area contributed by atoms with Gasteiger partial charge in [0, 0.05) is 32.2 Å². The van der Waals surface area contributed by atoms with E-state index >= 15 is 0 Å². The second kappa shape index (κ2) is 7.33. The van der Waals surface area contributed by atoms with E-state index in [0.29, 0.717) is 0 Å². The summed E-state index contributed by atoms with van der Waals surface area (Å²) in [6.07, 6.45) is 5.74. The minimum absolute atomic E-state index is 0.000272. The van der Waals surface area contributed by atoms with E-state index in [0.717, 1.165) is 39.0 Å². The molecule has 108 valence electrons. The molecule has 0 bridgehead atoms. The summed E-state index contributed by atoms with van der Waals surface area (Å²) in [5.74, 6) is 0.000272. The molecule has 1 heterocycles. The van der Waals surface area contributed by atoms with Crippen LogP contribution in [0.1, 0.15) is 32.1 Å². The Labute approximate surface area is 114 Å². The van der Waals surface area contributed by atoms with E-state index in [1.54, 1.807) is 4.90 Å². The maximum atomic E-state index is 11.9. The van der Waals surface area contributed by atoms with Crippen molar-refractivity contribution in [1.82, 2.24) is 20.9 Å². The Morgan fingerprint density at radius 2 is 1.79 bits per heavy atom. The summed E-state index contributed by atoms with van der Waals surface area (Å²) in [5.41, 5.74) is 0. The predicted molar refractivity (Wildman–Crippen MR) is 72.9 cm³/mol. The molecule has 3 N–H and O–H groups in total. The molecule has 19 heavy (non-hydrogen) atoms. The molecule has 0 spiro atoms. The predicted octanol–water partition coefficient (Wildman–Crippen LogP) is 0.0501. The van der Waals surface area contributed by atoms with E-state index < -0.39 is 0 Å². The molecule has 2 fully saturated rings. The minimum atomic E-state index is -0.213. The van der Waals surface area contributed by atoms with Crippen LogP contribution >= 0.6 is 0 Å². The summed E-state index contributed by atoms with van der Waals surface area (Å²) in [6, 6.07) is 0.0680. The Balaban J connectivity index is 1.63. The molecule has 0 unspecified atom stereocenters. The zero-order valence-corrected chi connectivity index (χ0v) is 11.4. The summed E-state index contributed by atoms with van der Waals surface area (Å²) in [7, 11) is 0. The molecule has 0 aromatic heterocycles. The molecule has 0 radical (unpaired) electrons. The Bertz CT molecular complexity index is 310. The van der Waals surface area contributed by atoms with Crippen molar-refractivity contribution in [2.75, 3.05) is 32.7 Å². The smallest absolute Gasteiger partial charge is 0.315 e. The van der Waals surface area contributed by atoms with Crippen LogP contribution in [-0.2, 0) is 4.79 Å². The van der Waals surface area contributed by atoms with Crippen LogP contribution in [0.5, 0.6) is 0 Å². The average molecular weight is 268 g/mol. The van der Waals surface area contributed by atoms with Crippen molar-refractivity contribution in [2.45, 2.75) is 38.1 Å². The van der Waals surface area contributed by atoms with Crippen molar-refractivity contribution >= 4 is 11.9 Å². The Morgan fingerprint density at radius 3 is 2.47 bits per heavy atom. The standard InChI is InChI=1S/C13H24N4O2/c18-12(17-8-6-14-7-9-17)10-15-13(19)16-11-4-2-1-3-5-11/h11,14H,1-10H2,(H2,15,16,19). The molecule has 6 nitrogen and oxygen atoms in total. The van der Waals surface area contributed by atoms with Gasteiger partial charge in [-0.1, -0.05) is 19.3 Å². The summed E-state index contributed by atoms with van der Waals surface area (Å²) >= 11 is 0. The highest BCUT2D eigenvalue weighted by atomic mass is 16.2. The lowest BCUT2D eigenvalue weighted by atomic mass is 9.96. The van der Waals surface area contributed by atoms with E-state index in [4.69, 9.17) is 0 Å². The summed E-state index contributed by atoms with van der Waals surface area (Å²) < 4.78 is 0. The van der Waals surface area contributed by atoms with Gasteiger partial charge in [-0.05, 0) is 12.8 Å². The van der Waals surface area contributed by atoms with Crippen LogP contribution in [0.2, 0.25) is 0 Å². The van der Waals surface area contributed by atoms with Gasteiger partial charge in [-0.3, -0.25) is 4.79 Å². The molecular weight excluding hydrogens is 244 g/mol. The summed E-state index contributed by atoms with van der Waals surface area (Å²) in [6.45, 7) is 3.22. The maximum Gasteiger partial charge on any atom is 0.315 e. The van der Waals surface area contributed by atoms with Crippen LogP contribution in [0.15, 0.2) is 0 Å². The number of rotatable bonds is 3. The van der Waals surface area contributed by atoms with Crippen LogP contribution in [0.3, 0.4) is 0 Å². The average Bonchev–Trinajstić information content (AvgIpc) is 2.47. The SMILES string of the molecule is O=C(NCC(=O)N1CCNCC1)NC1CCCCC1. The highest BCUT2D eigenvalue weighted by Crippen LogP contribution is 2.17. The number of piperazine rings is 1. The first-order chi connectivity index (χ1) is 9.25. The highest BCUT2D eigenvalue weighted by Gasteiger charge is 2.18. The second-order valence-corrected chi connectivity index (χ2v) is 5.29. The normalized spacial score (nSPS) is 20.9. The van der Waals surface area contributed by atoms with Gasteiger partial charge >= 0.3 is 6.03 Å². The fourth-order valence-corrected chi connectivity index (χ4v) is 2.67. The molecule has 2 rings (SSSR count). The van der Waals surface area contributed by atoms with Crippen molar-refractivity contribution in [2.24, 2.45) is 0 Å². The second-order valence-electron chi connectivity index (χ2n) is 5.29. The van der Waals surface area contributed by atoms with Crippen LogP contribution in [0.4, 0.5) is 4.79 Å². The molecular formula is C13H24N4O2. The first-order valence-electron chi connectivity index (χ1n) is 7.28. The molecule has 0 atom stereocenters. The number of nitrogens with one attached hydrogen (secondary N) is 3. The van der Waals surface area contributed by atoms with Gasteiger partial charge in [0.1, 0.15) is 0 Å². The number of carbonyl (C=O) groups excluding carboxylic acids is 2. The van der Waals surface area contributed by atoms with E-state index in [2.05, 4.69) is 16.0 Å². The van der Waals surface area contributed by atoms with Gasteiger partial charge in [-0.25, -0.2) is 4.79 Å². The number of hydrogen-bond donors (Lipinski definition) is 3. The topological polar surface area (TPSA) is 73.5 Å². The molecule has 1 saturated carbocycles. The van der Waals surface area contributed by atoms with Crippen molar-refractivity contribution in [1.29, 1.82) is 0 Å². The van der Waals surface area contributed by atoms with Gasteiger partial charge in [0.25, 0.3) is 0 Å². The quantitative estimate of drug-likeness (QED) is 0.677. The molecule has 6 heteroatoms. The van der Waals surface area contributed by atoms with Crippen LogP contribution in [-0.4, -0.2) is 55.6 Å². The molecule has 1 aliphatic carbocycles. The first-order valence-corrected chi connectivity index (χ1v) is 7.28. The molecule has 1 saturated heterocycles. The number of urea groups is 1. The fourth-order valence-electron chi connectivity index (χ4n) is 2.67. The lowest BCUT2D eigenvalue weighted by Gasteiger charge is -2.28. The van der Waals surface area contributed by atoms with Crippen LogP contribution in [0.25, 0.3) is 0 Å². The number of carbonyl (C=O) groups is 2. The summed E-state index contributed by atoms with van der Waals surface area (Å²) in [5, 5.41) is 8.80. The van der Waals surface area contributed by atoms with Gasteiger partial charge in [0.15, 0.2) is 0 Å². The van der Waals surface area contributed by atoms with Gasteiger partial charge < -0.3 is 20.9 Å². The largest absolute Gasteiger partial charge is 0.339 e. The van der Waals surface area contributed by atoms with Crippen LogP contribution in [0, 0.1) is 0 Å². The zero-order chi connectivity index (χ0) is 13.5. The van der Waals surface area contributed by atoms with E-state index in [1.807, 2.05) is 0 Å². The third-order valence-electron chi connectivity index (χ3n) is 3.81. The maximum absolute atomic E-state index is 11.9. The van der Waals surface area contributed by atoms with Crippen LogP contribution < -0.4 is 16.0 Å². The van der Waals surface area contributed by atoms with E-state index in [-0.39, 0.29) is 24.5 Å². The van der Waals surface area contributed by atoms with Crippen molar-refractivity contribution in [3.8, 4) is 0 Å². The molecule has 3 amide bonds. The van der Waals surface area contributed by atoms with Gasteiger partial charge in [0.05, 0.1) is 6.54 Å². The van der Waals surface area contributed by atoms with Gasteiger partial charge in [-0.15, -0.1) is 0 Å². The number of hydrogen-bond acceptors (Lipinski definition) is 3. The van der Waals surface area contributed by atoms with Crippen molar-refractivity contribution in [3.05, 3.63) is 0 Å². The lowest BCUT2D eigenvalue weighted by molar-refractivity contribution is -0.130. The fraction of sp³-hybridized carbons (Fsp3) is 0.846. The zero-order valence-electron chi connectivity index (χ0n) is 11.4. The molecule has 0 aromatic carbocycles. The van der Waals surface area contributed by atoms with Gasteiger partial charge in [-0.2, -0.15) is 0 Å². The highest BCUT2D eigenvalue weighted by molar-refractivity contribution is 5.84. The van der Waals surface area contributed by atoms with Crippen molar-refractivity contribution < 1.29 is 9.59 Å². The molecule has 0 aromatic rings. The number of amides is 3. The summed E-state index contributed by atoms with van der Waals surface area (Å²) in [4.78, 5) is 25.3. The molecule has 2 aliphatic rings. The third kappa shape index (κ3) is 4.70. The first kappa shape index (κ1) is 14.1. The Hall–Kier alpha value is -1.30.